The fourth-order valence-electron chi connectivity index (χ4n) is 4.15. The zero-order chi connectivity index (χ0) is 24.9. The lowest BCUT2D eigenvalue weighted by Gasteiger charge is -2.28. The smallest absolute Gasteiger partial charge is 0.254 e. The molecule has 3 rings (SSSR count). The lowest BCUT2D eigenvalue weighted by atomic mass is 9.92. The molecule has 1 heterocycles. The van der Waals surface area contributed by atoms with Crippen molar-refractivity contribution in [3.8, 4) is 0 Å². The standard InChI is InChI=1S/C27H36FN3O3/c1-27(2,3)16-25(32)29-22-12-13-24(30(4)5)20(15-22)17-31(18-23-7-6-14-34-23)26(33)19-8-10-21(28)11-9-19/h8-13,15,23H,6-7,14,16-18H2,1-5H3,(H,29,32)/t23-/m1/s1. The quantitative estimate of drug-likeness (QED) is 0.585. The zero-order valence-corrected chi connectivity index (χ0v) is 20.9. The summed E-state index contributed by atoms with van der Waals surface area (Å²) < 4.78 is 19.2. The molecule has 0 aromatic heterocycles. The Balaban J connectivity index is 1.88. The van der Waals surface area contributed by atoms with Gasteiger partial charge < -0.3 is 19.9 Å². The maximum atomic E-state index is 13.4. The molecule has 184 valence electrons. The van der Waals surface area contributed by atoms with E-state index in [-0.39, 0.29) is 29.2 Å². The first kappa shape index (κ1) is 25.7. The van der Waals surface area contributed by atoms with Crippen LogP contribution >= 0.6 is 0 Å². The van der Waals surface area contributed by atoms with E-state index in [2.05, 4.69) is 5.32 Å². The third kappa shape index (κ3) is 7.29. The van der Waals surface area contributed by atoms with Gasteiger partial charge in [0.15, 0.2) is 0 Å². The first-order chi connectivity index (χ1) is 16.0. The molecule has 0 unspecified atom stereocenters. The third-order valence-electron chi connectivity index (χ3n) is 5.72. The van der Waals surface area contributed by atoms with Crippen molar-refractivity contribution < 1.29 is 18.7 Å². The van der Waals surface area contributed by atoms with Crippen molar-refractivity contribution in [2.75, 3.05) is 37.5 Å². The second-order valence-corrected chi connectivity index (χ2v) is 10.4. The molecule has 1 fully saturated rings. The summed E-state index contributed by atoms with van der Waals surface area (Å²) in [5.74, 6) is -0.604. The van der Waals surface area contributed by atoms with Crippen LogP contribution in [0.4, 0.5) is 15.8 Å². The average Bonchev–Trinajstić information content (AvgIpc) is 3.25. The number of rotatable bonds is 8. The summed E-state index contributed by atoms with van der Waals surface area (Å²) in [5.41, 5.74) is 2.88. The number of carbonyl (C=O) groups excluding carboxylic acids is 2. The van der Waals surface area contributed by atoms with E-state index in [9.17, 15) is 14.0 Å². The highest BCUT2D eigenvalue weighted by Crippen LogP contribution is 2.27. The molecule has 0 bridgehead atoms. The number of nitrogens with zero attached hydrogens (tertiary/aromatic N) is 2. The highest BCUT2D eigenvalue weighted by atomic mass is 19.1. The SMILES string of the molecule is CN(C)c1ccc(NC(=O)CC(C)(C)C)cc1CN(C[C@H]1CCCO1)C(=O)c1ccc(F)cc1. The topological polar surface area (TPSA) is 61.9 Å². The molecule has 7 heteroatoms. The minimum absolute atomic E-state index is 0.0260. The van der Waals surface area contributed by atoms with Gasteiger partial charge in [-0.3, -0.25) is 9.59 Å². The van der Waals surface area contributed by atoms with E-state index in [4.69, 9.17) is 4.74 Å². The van der Waals surface area contributed by atoms with Crippen molar-refractivity contribution in [3.05, 3.63) is 59.4 Å². The second-order valence-electron chi connectivity index (χ2n) is 10.4. The van der Waals surface area contributed by atoms with Crippen LogP contribution in [0.1, 0.15) is 56.0 Å². The van der Waals surface area contributed by atoms with Gasteiger partial charge in [0.1, 0.15) is 5.82 Å². The number of ether oxygens (including phenoxy) is 1. The molecule has 1 aliphatic heterocycles. The maximum Gasteiger partial charge on any atom is 0.254 e. The Morgan fingerprint density at radius 1 is 1.12 bits per heavy atom. The minimum atomic E-state index is -0.379. The summed E-state index contributed by atoms with van der Waals surface area (Å²) in [6, 6.07) is 11.4. The number of amides is 2. The van der Waals surface area contributed by atoms with Crippen molar-refractivity contribution in [3.63, 3.8) is 0 Å². The number of benzene rings is 2. The van der Waals surface area contributed by atoms with E-state index in [0.717, 1.165) is 24.1 Å². The molecule has 0 spiro atoms. The van der Waals surface area contributed by atoms with Gasteiger partial charge in [0.2, 0.25) is 5.91 Å². The van der Waals surface area contributed by atoms with Crippen molar-refractivity contribution in [2.45, 2.75) is 52.7 Å². The Bertz CT molecular complexity index is 993. The molecule has 1 atom stereocenters. The van der Waals surface area contributed by atoms with E-state index < -0.39 is 0 Å². The molecule has 34 heavy (non-hydrogen) atoms. The summed E-state index contributed by atoms with van der Waals surface area (Å²) >= 11 is 0. The fraction of sp³-hybridized carbons (Fsp3) is 0.481. The fourth-order valence-corrected chi connectivity index (χ4v) is 4.15. The summed E-state index contributed by atoms with van der Waals surface area (Å²) in [7, 11) is 3.89. The Morgan fingerprint density at radius 2 is 1.82 bits per heavy atom. The normalized spacial score (nSPS) is 15.8. The third-order valence-corrected chi connectivity index (χ3v) is 5.72. The van der Waals surface area contributed by atoms with Crippen LogP contribution in [0.3, 0.4) is 0 Å². The predicted octanol–water partition coefficient (Wildman–Crippen LogP) is 5.09. The van der Waals surface area contributed by atoms with Crippen molar-refractivity contribution in [2.24, 2.45) is 5.41 Å². The van der Waals surface area contributed by atoms with Crippen LogP contribution in [-0.4, -0.2) is 50.1 Å². The number of hydrogen-bond donors (Lipinski definition) is 1. The van der Waals surface area contributed by atoms with Crippen LogP contribution < -0.4 is 10.2 Å². The van der Waals surface area contributed by atoms with Crippen LogP contribution in [-0.2, 0) is 16.1 Å². The molecule has 2 aromatic rings. The lowest BCUT2D eigenvalue weighted by molar-refractivity contribution is -0.117. The van der Waals surface area contributed by atoms with E-state index in [1.54, 1.807) is 4.90 Å². The summed E-state index contributed by atoms with van der Waals surface area (Å²) in [5, 5.41) is 2.99. The largest absolute Gasteiger partial charge is 0.377 e. The number of anilines is 2. The summed E-state index contributed by atoms with van der Waals surface area (Å²) in [6.07, 6.45) is 2.26. The highest BCUT2D eigenvalue weighted by molar-refractivity contribution is 5.94. The molecular formula is C27H36FN3O3. The molecular weight excluding hydrogens is 433 g/mol. The van der Waals surface area contributed by atoms with Gasteiger partial charge in [-0.2, -0.15) is 0 Å². The summed E-state index contributed by atoms with van der Waals surface area (Å²) in [6.45, 7) is 7.56. The van der Waals surface area contributed by atoms with Gasteiger partial charge in [0, 0.05) is 57.2 Å². The van der Waals surface area contributed by atoms with Gasteiger partial charge in [-0.15, -0.1) is 0 Å². The number of halogens is 1. The molecule has 0 radical (unpaired) electrons. The van der Waals surface area contributed by atoms with Gasteiger partial charge in [-0.25, -0.2) is 4.39 Å². The lowest BCUT2D eigenvalue weighted by Crippen LogP contribution is -2.37. The molecule has 1 saturated heterocycles. The average molecular weight is 470 g/mol. The van der Waals surface area contributed by atoms with E-state index in [0.29, 0.717) is 37.4 Å². The molecule has 0 saturated carbocycles. The van der Waals surface area contributed by atoms with Crippen LogP contribution in [0.5, 0.6) is 0 Å². The predicted molar refractivity (Wildman–Crippen MR) is 134 cm³/mol. The van der Waals surface area contributed by atoms with Crippen molar-refractivity contribution in [1.29, 1.82) is 0 Å². The first-order valence-electron chi connectivity index (χ1n) is 11.8. The van der Waals surface area contributed by atoms with Crippen molar-refractivity contribution in [1.82, 2.24) is 4.90 Å². The molecule has 2 aromatic carbocycles. The molecule has 0 aliphatic carbocycles. The van der Waals surface area contributed by atoms with Gasteiger partial charge in [0.05, 0.1) is 6.10 Å². The van der Waals surface area contributed by atoms with Crippen LogP contribution in [0.25, 0.3) is 0 Å². The Hall–Kier alpha value is -2.93. The molecule has 1 N–H and O–H groups in total. The van der Waals surface area contributed by atoms with Gasteiger partial charge in [0.25, 0.3) is 5.91 Å². The zero-order valence-electron chi connectivity index (χ0n) is 20.9. The van der Waals surface area contributed by atoms with E-state index >= 15 is 0 Å². The van der Waals surface area contributed by atoms with Gasteiger partial charge in [-0.1, -0.05) is 20.8 Å². The van der Waals surface area contributed by atoms with Gasteiger partial charge in [-0.05, 0) is 66.3 Å². The molecule has 6 nitrogen and oxygen atoms in total. The summed E-state index contributed by atoms with van der Waals surface area (Å²) in [4.78, 5) is 29.7. The van der Waals surface area contributed by atoms with E-state index in [1.807, 2.05) is 58.0 Å². The van der Waals surface area contributed by atoms with Crippen molar-refractivity contribution >= 4 is 23.2 Å². The molecule has 1 aliphatic rings. The first-order valence-corrected chi connectivity index (χ1v) is 11.8. The Morgan fingerprint density at radius 3 is 2.41 bits per heavy atom. The van der Waals surface area contributed by atoms with Crippen LogP contribution in [0.2, 0.25) is 0 Å². The number of nitrogens with one attached hydrogen (secondary N) is 1. The van der Waals surface area contributed by atoms with Crippen LogP contribution in [0.15, 0.2) is 42.5 Å². The minimum Gasteiger partial charge on any atom is -0.377 e. The Labute approximate surface area is 202 Å². The monoisotopic (exact) mass is 469 g/mol. The highest BCUT2D eigenvalue weighted by Gasteiger charge is 2.25. The van der Waals surface area contributed by atoms with Crippen LogP contribution in [0, 0.1) is 11.2 Å². The van der Waals surface area contributed by atoms with E-state index in [1.165, 1.54) is 24.3 Å². The number of hydrogen-bond acceptors (Lipinski definition) is 4. The second kappa shape index (κ2) is 11.0. The Kier molecular flexibility index (Phi) is 8.31. The number of carbonyl (C=O) groups is 2. The maximum absolute atomic E-state index is 13.4. The molecule has 2 amide bonds. The van der Waals surface area contributed by atoms with Gasteiger partial charge >= 0.3 is 0 Å².